The van der Waals surface area contributed by atoms with Crippen LogP contribution in [0.3, 0.4) is 0 Å². The summed E-state index contributed by atoms with van der Waals surface area (Å²) in [6.07, 6.45) is 13.6. The van der Waals surface area contributed by atoms with Gasteiger partial charge in [0.15, 0.2) is 0 Å². The lowest BCUT2D eigenvalue weighted by molar-refractivity contribution is -0.254. The number of hydrogen-bond donors (Lipinski definition) is 3. The molecule has 1 saturated heterocycles. The summed E-state index contributed by atoms with van der Waals surface area (Å²) in [6, 6.07) is 15.0. The van der Waals surface area contributed by atoms with E-state index < -0.39 is 17.7 Å². The van der Waals surface area contributed by atoms with Gasteiger partial charge in [-0.2, -0.15) is 0 Å². The second-order valence-corrected chi connectivity index (χ2v) is 16.4. The number of carbonyl (C=O) groups excluding carboxylic acids is 2. The van der Waals surface area contributed by atoms with E-state index in [1.165, 1.54) is 0 Å². The summed E-state index contributed by atoms with van der Waals surface area (Å²) in [5.74, 6) is -0.168. The molecule has 4 aliphatic rings. The van der Waals surface area contributed by atoms with E-state index in [-0.39, 0.29) is 56.1 Å². The predicted molar refractivity (Wildman–Crippen MR) is 233 cm³/mol. The molecule has 326 valence electrons. The molecule has 0 aromatic heterocycles. The Kier molecular flexibility index (Phi) is 16.7. The Balaban J connectivity index is 1.49. The quantitative estimate of drug-likeness (QED) is 0.0561. The molecule has 12 heteroatoms. The van der Waals surface area contributed by atoms with E-state index in [1.807, 2.05) is 52.3 Å². The number of allylic oxidation sites excluding steroid dienone is 1. The van der Waals surface area contributed by atoms with Gasteiger partial charge in [-0.05, 0) is 86.1 Å². The van der Waals surface area contributed by atoms with Crippen molar-refractivity contribution in [2.24, 2.45) is 22.9 Å². The third kappa shape index (κ3) is 10.4. The number of nitrogens with zero attached hydrogens (tertiary/aromatic N) is 3. The average Bonchev–Trinajstić information content (AvgIpc) is 3.68. The molecule has 2 aromatic rings. The third-order valence-electron chi connectivity index (χ3n) is 12.4. The number of likely N-dealkylation sites (tertiary alicyclic amines) is 1. The normalized spacial score (nSPS) is 24.8. The lowest BCUT2D eigenvalue weighted by atomic mass is 9.55. The molecule has 6 atom stereocenters. The van der Waals surface area contributed by atoms with Gasteiger partial charge in [0.1, 0.15) is 30.8 Å². The number of nitrogens with one attached hydrogen (secondary N) is 1. The molecule has 2 aliphatic carbocycles. The molecule has 2 aromatic carbocycles. The number of rotatable bonds is 24. The van der Waals surface area contributed by atoms with Crippen LogP contribution >= 0.6 is 0 Å². The fourth-order valence-corrected chi connectivity index (χ4v) is 9.80. The summed E-state index contributed by atoms with van der Waals surface area (Å²) in [5, 5.41) is 27.9. The van der Waals surface area contributed by atoms with Gasteiger partial charge in [0.25, 0.3) is 0 Å². The molecule has 0 spiro atoms. The van der Waals surface area contributed by atoms with Crippen molar-refractivity contribution in [2.75, 3.05) is 52.6 Å². The summed E-state index contributed by atoms with van der Waals surface area (Å²) >= 11 is 0. The monoisotopic (exact) mass is 826 g/mol. The van der Waals surface area contributed by atoms with Crippen molar-refractivity contribution in [2.45, 2.75) is 102 Å². The van der Waals surface area contributed by atoms with Gasteiger partial charge >= 0.3 is 6.03 Å². The number of aliphatic hydroxyl groups is 2. The Morgan fingerprint density at radius 1 is 1.05 bits per heavy atom. The molecule has 3 amide bonds. The van der Waals surface area contributed by atoms with Gasteiger partial charge < -0.3 is 44.4 Å². The Morgan fingerprint density at radius 3 is 2.55 bits per heavy atom. The summed E-state index contributed by atoms with van der Waals surface area (Å²) < 4.78 is 20.5. The molecule has 3 N–H and O–H groups in total. The van der Waals surface area contributed by atoms with Crippen LogP contribution in [0.15, 0.2) is 90.6 Å². The van der Waals surface area contributed by atoms with Crippen LogP contribution in [0.2, 0.25) is 0 Å². The number of aliphatic hydroxyl groups excluding tert-OH is 2. The first-order valence-electron chi connectivity index (χ1n) is 22.2. The van der Waals surface area contributed by atoms with E-state index in [2.05, 4.69) is 37.5 Å². The summed E-state index contributed by atoms with van der Waals surface area (Å²) in [7, 11) is 0. The molecule has 2 aliphatic heterocycles. The van der Waals surface area contributed by atoms with E-state index in [0.29, 0.717) is 76.3 Å². The standard InChI is InChI=1S/C48H66N4O8/c1-4-24-52(47(56)49-23-15-26-51-25-14-20-44(51)55)43-33-41(50-59-34-35-16-8-7-9-17-35)39-31-36(18-10-12-27-53)38(19-11-13-28-54)45-40-32-37(57-29-5-2)21-22-42(40)60-48(43,46(39)45)58-30-6-3/h5-9,16-17,21-22,31-32,36,38,43,45-46,53-54H,2-4,10-15,18-20,23-30,33-34H2,1H3,(H,49,56)/t36-,38+,43-,45+,46+,48+/m0/s1. The van der Waals surface area contributed by atoms with Crippen molar-refractivity contribution in [3.63, 3.8) is 0 Å². The maximum absolute atomic E-state index is 14.6. The Bertz CT molecular complexity index is 1800. The topological polar surface area (TPSA) is 142 Å². The van der Waals surface area contributed by atoms with Crippen molar-refractivity contribution in [3.8, 4) is 11.5 Å². The molecule has 1 saturated carbocycles. The fraction of sp³-hybridized carbons (Fsp3) is 0.562. The number of hydrogen-bond acceptors (Lipinski definition) is 9. The Morgan fingerprint density at radius 2 is 1.83 bits per heavy atom. The number of ether oxygens (including phenoxy) is 3. The number of benzene rings is 2. The maximum Gasteiger partial charge on any atom is 0.317 e. The first kappa shape index (κ1) is 44.9. The minimum atomic E-state index is -1.35. The van der Waals surface area contributed by atoms with Crippen LogP contribution in [0.5, 0.6) is 11.5 Å². The van der Waals surface area contributed by atoms with Gasteiger partial charge in [-0.25, -0.2) is 4.79 Å². The third-order valence-corrected chi connectivity index (χ3v) is 12.4. The van der Waals surface area contributed by atoms with E-state index >= 15 is 0 Å². The number of carbonyl (C=O) groups is 2. The first-order chi connectivity index (χ1) is 29.4. The number of fused-ring (bicyclic) bond motifs is 2. The van der Waals surface area contributed by atoms with Crippen LogP contribution in [0.25, 0.3) is 0 Å². The molecule has 2 fully saturated rings. The minimum absolute atomic E-state index is 0.0972. The number of unbranched alkanes of at least 4 members (excludes halogenated alkanes) is 2. The van der Waals surface area contributed by atoms with Crippen LogP contribution < -0.4 is 14.8 Å². The number of oxime groups is 1. The zero-order valence-electron chi connectivity index (χ0n) is 35.5. The highest BCUT2D eigenvalue weighted by Gasteiger charge is 2.65. The molecular formula is C48H66N4O8. The van der Waals surface area contributed by atoms with Crippen molar-refractivity contribution in [1.82, 2.24) is 15.1 Å². The minimum Gasteiger partial charge on any atom is -0.490 e. The zero-order valence-corrected chi connectivity index (χ0v) is 35.5. The molecular weight excluding hydrogens is 761 g/mol. The summed E-state index contributed by atoms with van der Waals surface area (Å²) in [4.78, 5) is 36.9. The summed E-state index contributed by atoms with van der Waals surface area (Å²) in [5.41, 5.74) is 3.72. The lowest BCUT2D eigenvalue weighted by Crippen LogP contribution is -2.70. The fourth-order valence-electron chi connectivity index (χ4n) is 9.80. The second-order valence-electron chi connectivity index (χ2n) is 16.4. The van der Waals surface area contributed by atoms with E-state index in [4.69, 9.17) is 24.2 Å². The lowest BCUT2D eigenvalue weighted by Gasteiger charge is -2.60. The van der Waals surface area contributed by atoms with Gasteiger partial charge in [0.05, 0.1) is 18.2 Å². The molecule has 6 rings (SSSR count). The SMILES string of the molecule is C=CCOc1ccc2c(c1)[C@H]1[C@H](CCCCO)[C@@H](CCCCO)C=C3C(=NOCc4ccccc4)C[C@H](N(CCC)C(=O)NCCCN4CCCC4=O)[C@@](OCC=C)(O2)[C@H]31. The highest BCUT2D eigenvalue weighted by molar-refractivity contribution is 6.03. The highest BCUT2D eigenvalue weighted by Crippen LogP contribution is 2.62. The van der Waals surface area contributed by atoms with Crippen molar-refractivity contribution >= 4 is 17.6 Å². The molecule has 12 nitrogen and oxygen atoms in total. The number of amides is 3. The second kappa shape index (κ2) is 22.3. The first-order valence-corrected chi connectivity index (χ1v) is 22.2. The van der Waals surface area contributed by atoms with E-state index in [1.54, 1.807) is 12.2 Å². The average molecular weight is 827 g/mol. The van der Waals surface area contributed by atoms with Gasteiger partial charge in [0, 0.05) is 63.7 Å². The van der Waals surface area contributed by atoms with Crippen LogP contribution in [-0.4, -0.2) is 102 Å². The van der Waals surface area contributed by atoms with Gasteiger partial charge in [-0.3, -0.25) is 4.79 Å². The summed E-state index contributed by atoms with van der Waals surface area (Å²) in [6.45, 7) is 13.2. The van der Waals surface area contributed by atoms with Crippen molar-refractivity contribution in [3.05, 3.63) is 96.6 Å². The van der Waals surface area contributed by atoms with Crippen LogP contribution in [-0.2, 0) is 21.0 Å². The van der Waals surface area contributed by atoms with E-state index in [9.17, 15) is 19.8 Å². The molecule has 0 radical (unpaired) electrons. The molecule has 0 bridgehead atoms. The van der Waals surface area contributed by atoms with Crippen LogP contribution in [0.4, 0.5) is 4.79 Å². The Labute approximate surface area is 356 Å². The highest BCUT2D eigenvalue weighted by atomic mass is 16.7. The number of urea groups is 1. The van der Waals surface area contributed by atoms with Crippen LogP contribution in [0, 0.1) is 17.8 Å². The van der Waals surface area contributed by atoms with Crippen molar-refractivity contribution < 1.29 is 38.9 Å². The van der Waals surface area contributed by atoms with Gasteiger partial charge in [0.2, 0.25) is 11.7 Å². The molecule has 60 heavy (non-hydrogen) atoms. The van der Waals surface area contributed by atoms with E-state index in [0.717, 1.165) is 61.1 Å². The molecule has 2 heterocycles. The smallest absolute Gasteiger partial charge is 0.317 e. The van der Waals surface area contributed by atoms with Gasteiger partial charge in [-0.1, -0.05) is 80.1 Å². The maximum atomic E-state index is 14.6. The van der Waals surface area contributed by atoms with Gasteiger partial charge in [-0.15, -0.1) is 6.58 Å². The zero-order chi connectivity index (χ0) is 42.3. The van der Waals surface area contributed by atoms with Crippen molar-refractivity contribution in [1.29, 1.82) is 0 Å². The molecule has 0 unspecified atom stereocenters. The largest absolute Gasteiger partial charge is 0.490 e. The predicted octanol–water partition coefficient (Wildman–Crippen LogP) is 7.52. The van der Waals surface area contributed by atoms with Crippen LogP contribution in [0.1, 0.15) is 94.6 Å². The Hall–Kier alpha value is -4.65.